The Bertz CT molecular complexity index is 1450. The predicted molar refractivity (Wildman–Crippen MR) is 134 cm³/mol. The third-order valence-electron chi connectivity index (χ3n) is 6.18. The van der Waals surface area contributed by atoms with Gasteiger partial charge in [0, 0.05) is 11.4 Å². The summed E-state index contributed by atoms with van der Waals surface area (Å²) in [6.07, 6.45) is 0.880. The topological polar surface area (TPSA) is 60.3 Å². The number of rotatable bonds is 3. The predicted octanol–water partition coefficient (Wildman–Crippen LogP) is 6.13. The molecule has 1 N–H and O–H groups in total. The second kappa shape index (κ2) is 8.69. The molecule has 1 aliphatic carbocycles. The minimum Gasteiger partial charge on any atom is -0.443 e. The van der Waals surface area contributed by atoms with E-state index in [1.54, 1.807) is 16.7 Å². The summed E-state index contributed by atoms with van der Waals surface area (Å²) in [7, 11) is 0. The van der Waals surface area contributed by atoms with Crippen molar-refractivity contribution in [1.29, 1.82) is 0 Å². The quantitative estimate of drug-likeness (QED) is 0.392. The zero-order valence-electron chi connectivity index (χ0n) is 20.0. The van der Waals surface area contributed by atoms with Gasteiger partial charge in [-0.05, 0) is 80.6 Å². The second-order valence-corrected chi connectivity index (χ2v) is 9.95. The Morgan fingerprint density at radius 1 is 0.943 bits per heavy atom. The molecule has 1 atom stereocenters. The highest BCUT2D eigenvalue weighted by Gasteiger charge is 2.27. The number of hydrogen-bond donors (Lipinski definition) is 1. The summed E-state index contributed by atoms with van der Waals surface area (Å²) in [6, 6.07) is 21.7. The first kappa shape index (κ1) is 22.8. The van der Waals surface area contributed by atoms with E-state index in [9.17, 15) is 14.0 Å². The monoisotopic (exact) mass is 470 g/mol. The van der Waals surface area contributed by atoms with Crippen molar-refractivity contribution in [3.8, 4) is 11.3 Å². The van der Waals surface area contributed by atoms with Gasteiger partial charge in [-0.3, -0.25) is 4.79 Å². The molecule has 5 rings (SSSR count). The van der Waals surface area contributed by atoms with Gasteiger partial charge in [-0.15, -0.1) is 0 Å². The van der Waals surface area contributed by atoms with Crippen molar-refractivity contribution in [2.24, 2.45) is 0 Å². The van der Waals surface area contributed by atoms with E-state index in [-0.39, 0.29) is 11.6 Å². The van der Waals surface area contributed by atoms with E-state index < -0.39 is 23.4 Å². The fourth-order valence-corrected chi connectivity index (χ4v) is 4.66. The molecule has 1 unspecified atom stereocenters. The smallest absolute Gasteiger partial charge is 0.419 e. The molecule has 0 fully saturated rings. The van der Waals surface area contributed by atoms with Crippen molar-refractivity contribution in [3.05, 3.63) is 95.3 Å². The molecule has 0 radical (unpaired) electrons. The number of halogens is 1. The van der Waals surface area contributed by atoms with Crippen molar-refractivity contribution in [2.45, 2.75) is 45.3 Å². The number of carbonyl (C=O) groups excluding carboxylic acids is 2. The maximum atomic E-state index is 14.0. The molecular weight excluding hydrogens is 443 g/mol. The van der Waals surface area contributed by atoms with Gasteiger partial charge in [0.15, 0.2) is 0 Å². The Morgan fingerprint density at radius 2 is 1.66 bits per heavy atom. The highest BCUT2D eigenvalue weighted by molar-refractivity contribution is 5.96. The number of fused-ring (bicyclic) bond motifs is 2. The Labute approximate surface area is 203 Å². The average Bonchev–Trinajstić information content (AvgIpc) is 3.38. The van der Waals surface area contributed by atoms with Gasteiger partial charge in [-0.2, -0.15) is 0 Å². The van der Waals surface area contributed by atoms with Crippen LogP contribution in [0.15, 0.2) is 72.8 Å². The molecule has 0 saturated carbocycles. The Hall–Kier alpha value is -3.93. The molecule has 3 aromatic carbocycles. The first-order valence-corrected chi connectivity index (χ1v) is 11.7. The standard InChI is InChI=1S/C29H27FN2O3/c1-29(2,3)35-28(34)32-25-11-7-4-8-19(25)17-26(32)20-13-12-18-15-22(16-21(18)14-20)31-27(33)23-9-5-6-10-24(23)30/h4-14,17,22H,15-16H2,1-3H3,(H,31,33). The van der Waals surface area contributed by atoms with Gasteiger partial charge in [0.25, 0.3) is 5.91 Å². The molecular formula is C29H27FN2O3. The van der Waals surface area contributed by atoms with Gasteiger partial charge >= 0.3 is 6.09 Å². The SMILES string of the molecule is CC(C)(C)OC(=O)n1c(-c2ccc3c(c2)CC(NC(=O)c2ccccc2F)C3)cc2ccccc21. The molecule has 0 aliphatic heterocycles. The molecule has 1 amide bonds. The van der Waals surface area contributed by atoms with Crippen LogP contribution in [0.1, 0.15) is 42.3 Å². The molecule has 0 spiro atoms. The van der Waals surface area contributed by atoms with Crippen LogP contribution in [0.5, 0.6) is 0 Å². The maximum absolute atomic E-state index is 14.0. The molecule has 1 aromatic heterocycles. The van der Waals surface area contributed by atoms with Gasteiger partial charge in [-0.25, -0.2) is 13.8 Å². The van der Waals surface area contributed by atoms with Crippen molar-refractivity contribution in [1.82, 2.24) is 9.88 Å². The number of nitrogens with zero attached hydrogens (tertiary/aromatic N) is 1. The zero-order chi connectivity index (χ0) is 24.7. The van der Waals surface area contributed by atoms with Gasteiger partial charge < -0.3 is 10.1 Å². The molecule has 5 nitrogen and oxygen atoms in total. The Morgan fingerprint density at radius 3 is 2.43 bits per heavy atom. The molecule has 4 aromatic rings. The van der Waals surface area contributed by atoms with E-state index in [2.05, 4.69) is 11.4 Å². The third-order valence-corrected chi connectivity index (χ3v) is 6.18. The second-order valence-electron chi connectivity index (χ2n) is 9.95. The van der Waals surface area contributed by atoms with Crippen LogP contribution in [0.4, 0.5) is 9.18 Å². The number of hydrogen-bond acceptors (Lipinski definition) is 3. The maximum Gasteiger partial charge on any atom is 0.419 e. The summed E-state index contributed by atoms with van der Waals surface area (Å²) >= 11 is 0. The molecule has 6 heteroatoms. The lowest BCUT2D eigenvalue weighted by Gasteiger charge is -2.21. The normalized spacial score (nSPS) is 15.1. The van der Waals surface area contributed by atoms with Crippen LogP contribution in [-0.4, -0.2) is 28.2 Å². The molecule has 1 heterocycles. The fourth-order valence-electron chi connectivity index (χ4n) is 4.66. The van der Waals surface area contributed by atoms with E-state index in [4.69, 9.17) is 4.74 Å². The number of carbonyl (C=O) groups is 2. The van der Waals surface area contributed by atoms with Gasteiger partial charge in [0.2, 0.25) is 0 Å². The van der Waals surface area contributed by atoms with Crippen LogP contribution in [0.25, 0.3) is 22.2 Å². The minimum absolute atomic E-state index is 0.0472. The Kier molecular flexibility index (Phi) is 5.67. The summed E-state index contributed by atoms with van der Waals surface area (Å²) < 4.78 is 21.3. The van der Waals surface area contributed by atoms with Crippen molar-refractivity contribution in [3.63, 3.8) is 0 Å². The van der Waals surface area contributed by atoms with Crippen LogP contribution in [0, 0.1) is 5.82 Å². The Balaban J connectivity index is 1.44. The van der Waals surface area contributed by atoms with Gasteiger partial charge in [-0.1, -0.05) is 42.5 Å². The van der Waals surface area contributed by atoms with Crippen LogP contribution < -0.4 is 5.32 Å². The number of benzene rings is 3. The number of aromatic nitrogens is 1. The molecule has 178 valence electrons. The summed E-state index contributed by atoms with van der Waals surface area (Å²) in [6.45, 7) is 5.55. The third kappa shape index (κ3) is 4.56. The van der Waals surface area contributed by atoms with Crippen molar-refractivity contribution < 1.29 is 18.7 Å². The van der Waals surface area contributed by atoms with E-state index in [1.165, 1.54) is 12.1 Å². The van der Waals surface area contributed by atoms with Crippen LogP contribution in [0.3, 0.4) is 0 Å². The molecule has 0 saturated heterocycles. The fraction of sp³-hybridized carbons (Fsp3) is 0.241. The lowest BCUT2D eigenvalue weighted by Crippen LogP contribution is -2.35. The molecule has 0 bridgehead atoms. The molecule has 1 aliphatic rings. The summed E-state index contributed by atoms with van der Waals surface area (Å²) in [5.41, 5.74) is 4.09. The van der Waals surface area contributed by atoms with Crippen molar-refractivity contribution >= 4 is 22.9 Å². The summed E-state index contributed by atoms with van der Waals surface area (Å²) in [5, 5.41) is 3.91. The molecule has 35 heavy (non-hydrogen) atoms. The van der Waals surface area contributed by atoms with Gasteiger partial charge in [0.05, 0.1) is 16.8 Å². The minimum atomic E-state index is -0.624. The van der Waals surface area contributed by atoms with Crippen LogP contribution in [0.2, 0.25) is 0 Å². The highest BCUT2D eigenvalue weighted by Crippen LogP contribution is 2.33. The first-order chi connectivity index (χ1) is 16.7. The lowest BCUT2D eigenvalue weighted by molar-refractivity contribution is 0.0547. The number of amides is 1. The zero-order valence-corrected chi connectivity index (χ0v) is 20.0. The number of ether oxygens (including phenoxy) is 1. The first-order valence-electron chi connectivity index (χ1n) is 11.7. The highest BCUT2D eigenvalue weighted by atomic mass is 19.1. The average molecular weight is 471 g/mol. The van der Waals surface area contributed by atoms with Crippen molar-refractivity contribution in [2.75, 3.05) is 0 Å². The van der Waals surface area contributed by atoms with E-state index in [0.717, 1.165) is 33.3 Å². The van der Waals surface area contributed by atoms with Crippen LogP contribution >= 0.6 is 0 Å². The summed E-state index contributed by atoms with van der Waals surface area (Å²) in [5.74, 6) is -0.941. The summed E-state index contributed by atoms with van der Waals surface area (Å²) in [4.78, 5) is 25.7. The van der Waals surface area contributed by atoms with Gasteiger partial charge in [0.1, 0.15) is 11.4 Å². The van der Waals surface area contributed by atoms with E-state index in [1.807, 2.05) is 63.2 Å². The lowest BCUT2D eigenvalue weighted by atomic mass is 10.0. The number of para-hydroxylation sites is 1. The van der Waals surface area contributed by atoms with Crippen LogP contribution in [-0.2, 0) is 17.6 Å². The van der Waals surface area contributed by atoms with E-state index >= 15 is 0 Å². The number of nitrogens with one attached hydrogen (secondary N) is 1. The van der Waals surface area contributed by atoms with E-state index in [0.29, 0.717) is 12.8 Å². The largest absolute Gasteiger partial charge is 0.443 e.